The lowest BCUT2D eigenvalue weighted by Crippen LogP contribution is -2.55. The molecule has 1 aliphatic rings. The van der Waals surface area contributed by atoms with E-state index >= 15 is 0 Å². The number of ether oxygens (including phenoxy) is 1. The number of piperazine rings is 1. The molecule has 0 spiro atoms. The number of benzene rings is 1. The Hall–Kier alpha value is -1.55. The summed E-state index contributed by atoms with van der Waals surface area (Å²) in [6.45, 7) is 4.60. The molecule has 1 fully saturated rings. The first-order valence-corrected chi connectivity index (χ1v) is 6.22. The monoisotopic (exact) mass is 248 g/mol. The van der Waals surface area contributed by atoms with Gasteiger partial charge in [0.1, 0.15) is 6.04 Å². The van der Waals surface area contributed by atoms with Crippen LogP contribution < -0.4 is 4.90 Å². The van der Waals surface area contributed by atoms with Crippen molar-refractivity contribution < 1.29 is 9.53 Å². The first kappa shape index (κ1) is 12.9. The summed E-state index contributed by atoms with van der Waals surface area (Å²) >= 11 is 0. The molecule has 0 aliphatic carbocycles. The summed E-state index contributed by atoms with van der Waals surface area (Å²) in [5.41, 5.74) is 2.45. The second-order valence-corrected chi connectivity index (χ2v) is 4.75. The highest BCUT2D eigenvalue weighted by atomic mass is 16.5. The third-order valence-electron chi connectivity index (χ3n) is 3.58. The van der Waals surface area contributed by atoms with Crippen molar-refractivity contribution in [3.63, 3.8) is 0 Å². The first-order chi connectivity index (χ1) is 8.63. The van der Waals surface area contributed by atoms with Gasteiger partial charge < -0.3 is 9.64 Å². The molecule has 4 heteroatoms. The lowest BCUT2D eigenvalue weighted by molar-refractivity contribution is -0.146. The van der Waals surface area contributed by atoms with E-state index in [1.54, 1.807) is 0 Å². The number of methoxy groups -OCH3 is 1. The van der Waals surface area contributed by atoms with Crippen molar-refractivity contribution in [1.82, 2.24) is 4.90 Å². The number of carbonyl (C=O) groups is 1. The van der Waals surface area contributed by atoms with Crippen LogP contribution in [-0.2, 0) is 9.53 Å². The Labute approximate surface area is 108 Å². The van der Waals surface area contributed by atoms with Crippen molar-refractivity contribution in [1.29, 1.82) is 0 Å². The molecule has 18 heavy (non-hydrogen) atoms. The number of carbonyl (C=O) groups excluding carboxylic acids is 1. The van der Waals surface area contributed by atoms with Crippen LogP contribution in [0.1, 0.15) is 5.56 Å². The summed E-state index contributed by atoms with van der Waals surface area (Å²) in [4.78, 5) is 16.1. The van der Waals surface area contributed by atoms with Gasteiger partial charge in [-0.2, -0.15) is 0 Å². The molecule has 0 unspecified atom stereocenters. The second kappa shape index (κ2) is 5.40. The number of anilines is 1. The van der Waals surface area contributed by atoms with Crippen LogP contribution >= 0.6 is 0 Å². The van der Waals surface area contributed by atoms with Gasteiger partial charge in [0.25, 0.3) is 0 Å². The molecule has 1 aliphatic heterocycles. The number of hydrogen-bond acceptors (Lipinski definition) is 4. The number of esters is 1. The van der Waals surface area contributed by atoms with E-state index in [4.69, 9.17) is 4.74 Å². The molecule has 4 nitrogen and oxygen atoms in total. The summed E-state index contributed by atoms with van der Waals surface area (Å²) in [6.07, 6.45) is 0. The molecule has 98 valence electrons. The fourth-order valence-corrected chi connectivity index (χ4v) is 2.40. The third-order valence-corrected chi connectivity index (χ3v) is 3.58. The van der Waals surface area contributed by atoms with Crippen LogP contribution in [0.4, 0.5) is 5.69 Å². The Kier molecular flexibility index (Phi) is 3.87. The highest BCUT2D eigenvalue weighted by Crippen LogP contribution is 2.22. The maximum atomic E-state index is 11.7. The van der Waals surface area contributed by atoms with Crippen molar-refractivity contribution in [3.05, 3.63) is 29.8 Å². The van der Waals surface area contributed by atoms with Crippen molar-refractivity contribution >= 4 is 11.7 Å². The zero-order valence-electron chi connectivity index (χ0n) is 11.2. The van der Waals surface area contributed by atoms with Crippen molar-refractivity contribution in [3.8, 4) is 0 Å². The topological polar surface area (TPSA) is 32.8 Å². The normalized spacial score (nSPS) is 20.8. The fraction of sp³-hybridized carbons (Fsp3) is 0.500. The zero-order valence-corrected chi connectivity index (χ0v) is 11.2. The Balaban J connectivity index is 2.17. The summed E-state index contributed by atoms with van der Waals surface area (Å²) < 4.78 is 4.87. The molecule has 0 amide bonds. The summed E-state index contributed by atoms with van der Waals surface area (Å²) in [7, 11) is 3.42. The number of aryl methyl sites for hydroxylation is 1. The molecule has 1 heterocycles. The average Bonchev–Trinajstić information content (AvgIpc) is 2.39. The standard InChI is InChI=1S/C14H20N2O2/c1-11-6-4-5-7-12(11)16-9-8-15(2)13(10-16)14(17)18-3/h4-7,13H,8-10H2,1-3H3/t13-/m0/s1. The van der Waals surface area contributed by atoms with Crippen LogP contribution in [0.2, 0.25) is 0 Å². The van der Waals surface area contributed by atoms with E-state index in [-0.39, 0.29) is 12.0 Å². The van der Waals surface area contributed by atoms with Crippen LogP contribution in [0.5, 0.6) is 0 Å². The van der Waals surface area contributed by atoms with Crippen LogP contribution in [0.25, 0.3) is 0 Å². The van der Waals surface area contributed by atoms with E-state index < -0.39 is 0 Å². The largest absolute Gasteiger partial charge is 0.468 e. The van der Waals surface area contributed by atoms with Crippen LogP contribution in [-0.4, -0.2) is 50.7 Å². The molecule has 2 rings (SSSR count). The molecule has 0 radical (unpaired) electrons. The predicted octanol–water partition coefficient (Wildman–Crippen LogP) is 1.29. The molecule has 1 saturated heterocycles. The lowest BCUT2D eigenvalue weighted by atomic mass is 10.1. The lowest BCUT2D eigenvalue weighted by Gasteiger charge is -2.39. The van der Waals surface area contributed by atoms with Gasteiger partial charge in [0, 0.05) is 25.3 Å². The predicted molar refractivity (Wildman–Crippen MR) is 71.8 cm³/mol. The van der Waals surface area contributed by atoms with E-state index in [0.717, 1.165) is 13.1 Å². The number of hydrogen-bond donors (Lipinski definition) is 0. The molecule has 0 bridgehead atoms. The van der Waals surface area contributed by atoms with Crippen LogP contribution in [0.3, 0.4) is 0 Å². The highest BCUT2D eigenvalue weighted by molar-refractivity contribution is 5.77. The van der Waals surface area contributed by atoms with Gasteiger partial charge in [-0.1, -0.05) is 18.2 Å². The van der Waals surface area contributed by atoms with Crippen LogP contribution in [0, 0.1) is 6.92 Å². The van der Waals surface area contributed by atoms with E-state index in [9.17, 15) is 4.79 Å². The number of para-hydroxylation sites is 1. The van der Waals surface area contributed by atoms with Gasteiger partial charge in [-0.05, 0) is 25.6 Å². The summed E-state index contributed by atoms with van der Waals surface area (Å²) in [6, 6.07) is 8.10. The van der Waals surface area contributed by atoms with E-state index in [0.29, 0.717) is 6.54 Å². The molecule has 0 aromatic heterocycles. The molecule has 1 aromatic rings. The maximum absolute atomic E-state index is 11.7. The van der Waals surface area contributed by atoms with Crippen molar-refractivity contribution in [2.75, 3.05) is 38.7 Å². The minimum atomic E-state index is -0.177. The van der Waals surface area contributed by atoms with Gasteiger partial charge in [0.05, 0.1) is 7.11 Å². The van der Waals surface area contributed by atoms with Crippen molar-refractivity contribution in [2.45, 2.75) is 13.0 Å². The Morgan fingerprint density at radius 1 is 1.33 bits per heavy atom. The SMILES string of the molecule is COC(=O)[C@@H]1CN(c2ccccc2C)CCN1C. The smallest absolute Gasteiger partial charge is 0.324 e. The van der Waals surface area contributed by atoms with Gasteiger partial charge in [-0.25, -0.2) is 0 Å². The van der Waals surface area contributed by atoms with Gasteiger partial charge >= 0.3 is 5.97 Å². The molecule has 0 N–H and O–H groups in total. The Bertz CT molecular complexity index is 434. The molecule has 1 atom stereocenters. The number of likely N-dealkylation sites (N-methyl/N-ethyl adjacent to an activating group) is 1. The van der Waals surface area contributed by atoms with E-state index in [1.165, 1.54) is 18.4 Å². The fourth-order valence-electron chi connectivity index (χ4n) is 2.40. The minimum absolute atomic E-state index is 0.157. The van der Waals surface area contributed by atoms with Gasteiger partial charge in [-0.3, -0.25) is 9.69 Å². The highest BCUT2D eigenvalue weighted by Gasteiger charge is 2.31. The number of rotatable bonds is 2. The van der Waals surface area contributed by atoms with Crippen molar-refractivity contribution in [2.24, 2.45) is 0 Å². The third kappa shape index (κ3) is 2.48. The van der Waals surface area contributed by atoms with Crippen LogP contribution in [0.15, 0.2) is 24.3 Å². The van der Waals surface area contributed by atoms with Gasteiger partial charge in [0.2, 0.25) is 0 Å². The first-order valence-electron chi connectivity index (χ1n) is 6.22. The molecule has 1 aromatic carbocycles. The average molecular weight is 248 g/mol. The molecule has 0 saturated carbocycles. The minimum Gasteiger partial charge on any atom is -0.468 e. The second-order valence-electron chi connectivity index (χ2n) is 4.75. The maximum Gasteiger partial charge on any atom is 0.324 e. The van der Waals surface area contributed by atoms with Gasteiger partial charge in [0.15, 0.2) is 0 Å². The molecular formula is C14H20N2O2. The van der Waals surface area contributed by atoms with E-state index in [2.05, 4.69) is 28.9 Å². The number of nitrogens with zero attached hydrogens (tertiary/aromatic N) is 2. The summed E-state index contributed by atoms with van der Waals surface area (Å²) in [5.74, 6) is -0.157. The quantitative estimate of drug-likeness (QED) is 0.738. The van der Waals surface area contributed by atoms with Gasteiger partial charge in [-0.15, -0.1) is 0 Å². The Morgan fingerprint density at radius 3 is 2.72 bits per heavy atom. The molecular weight excluding hydrogens is 228 g/mol. The zero-order chi connectivity index (χ0) is 13.1. The Morgan fingerprint density at radius 2 is 2.06 bits per heavy atom. The summed E-state index contributed by atoms with van der Waals surface area (Å²) in [5, 5.41) is 0. The van der Waals surface area contributed by atoms with E-state index in [1.807, 2.05) is 19.2 Å².